The van der Waals surface area contributed by atoms with Gasteiger partial charge in [0.15, 0.2) is 0 Å². The van der Waals surface area contributed by atoms with E-state index in [0.29, 0.717) is 6.54 Å². The highest BCUT2D eigenvalue weighted by Crippen LogP contribution is 2.12. The predicted octanol–water partition coefficient (Wildman–Crippen LogP) is 4.23. The Balaban J connectivity index is 1.82. The molecule has 0 aromatic heterocycles. The number of amides is 2. The van der Waals surface area contributed by atoms with Gasteiger partial charge in [-0.1, -0.05) is 42.8 Å². The predicted molar refractivity (Wildman–Crippen MR) is 92.5 cm³/mol. The molecule has 0 aliphatic heterocycles. The van der Waals surface area contributed by atoms with E-state index < -0.39 is 0 Å². The summed E-state index contributed by atoms with van der Waals surface area (Å²) in [7, 11) is 0. The van der Waals surface area contributed by atoms with Crippen molar-refractivity contribution in [3.05, 3.63) is 64.7 Å². The minimum absolute atomic E-state index is 0.155. The summed E-state index contributed by atoms with van der Waals surface area (Å²) >= 11 is 0. The number of rotatable bonds is 5. The highest BCUT2D eigenvalue weighted by molar-refractivity contribution is 5.89. The third-order valence-electron chi connectivity index (χ3n) is 3.77. The van der Waals surface area contributed by atoms with Crippen molar-refractivity contribution in [2.75, 3.05) is 11.9 Å². The number of benzene rings is 2. The summed E-state index contributed by atoms with van der Waals surface area (Å²) in [5.41, 5.74) is 5.87. The highest BCUT2D eigenvalue weighted by Gasteiger charge is 2.03. The summed E-state index contributed by atoms with van der Waals surface area (Å²) in [5.74, 6) is 0. The standard InChI is InChI=1S/C19H24N2O/c1-4-16-6-5-7-18(13-16)21-19(22)20-11-10-17-9-8-14(2)12-15(17)3/h5-9,12-13H,4,10-11H2,1-3H3,(H2,20,21,22). The van der Waals surface area contributed by atoms with Gasteiger partial charge in [-0.25, -0.2) is 4.79 Å². The van der Waals surface area contributed by atoms with Crippen LogP contribution in [0, 0.1) is 13.8 Å². The fourth-order valence-electron chi connectivity index (χ4n) is 2.48. The average molecular weight is 296 g/mol. The van der Waals surface area contributed by atoms with E-state index >= 15 is 0 Å². The fraction of sp³-hybridized carbons (Fsp3) is 0.316. The van der Waals surface area contributed by atoms with Crippen LogP contribution in [0.25, 0.3) is 0 Å². The molecule has 0 radical (unpaired) electrons. The van der Waals surface area contributed by atoms with Crippen LogP contribution in [0.2, 0.25) is 0 Å². The second-order valence-electron chi connectivity index (χ2n) is 5.61. The number of carbonyl (C=O) groups is 1. The van der Waals surface area contributed by atoms with E-state index in [4.69, 9.17) is 0 Å². The van der Waals surface area contributed by atoms with Crippen LogP contribution in [0.1, 0.15) is 29.2 Å². The van der Waals surface area contributed by atoms with Crippen molar-refractivity contribution >= 4 is 11.7 Å². The molecule has 0 bridgehead atoms. The van der Waals surface area contributed by atoms with Gasteiger partial charge in [-0.15, -0.1) is 0 Å². The molecule has 0 unspecified atom stereocenters. The SMILES string of the molecule is CCc1cccc(NC(=O)NCCc2ccc(C)cc2C)c1. The van der Waals surface area contributed by atoms with Crippen LogP contribution < -0.4 is 10.6 Å². The first-order chi connectivity index (χ1) is 10.6. The van der Waals surface area contributed by atoms with Gasteiger partial charge in [0.2, 0.25) is 0 Å². The second-order valence-corrected chi connectivity index (χ2v) is 5.61. The van der Waals surface area contributed by atoms with Gasteiger partial charge in [-0.3, -0.25) is 0 Å². The van der Waals surface area contributed by atoms with Crippen LogP contribution in [-0.2, 0) is 12.8 Å². The molecule has 3 heteroatoms. The Hall–Kier alpha value is -2.29. The first kappa shape index (κ1) is 16.1. The topological polar surface area (TPSA) is 41.1 Å². The zero-order valence-corrected chi connectivity index (χ0v) is 13.6. The number of hydrogen-bond acceptors (Lipinski definition) is 1. The highest BCUT2D eigenvalue weighted by atomic mass is 16.2. The molecule has 0 spiro atoms. The number of carbonyl (C=O) groups excluding carboxylic acids is 1. The molecule has 0 fully saturated rings. The zero-order chi connectivity index (χ0) is 15.9. The van der Waals surface area contributed by atoms with Crippen molar-refractivity contribution in [1.29, 1.82) is 0 Å². The van der Waals surface area contributed by atoms with Gasteiger partial charge in [-0.05, 0) is 55.5 Å². The molecule has 2 rings (SSSR count). The number of urea groups is 1. The number of aryl methyl sites for hydroxylation is 3. The lowest BCUT2D eigenvalue weighted by atomic mass is 10.0. The first-order valence-electron chi connectivity index (χ1n) is 7.78. The fourth-order valence-corrected chi connectivity index (χ4v) is 2.48. The Morgan fingerprint density at radius 1 is 1.09 bits per heavy atom. The van der Waals surface area contributed by atoms with Crippen molar-refractivity contribution in [1.82, 2.24) is 5.32 Å². The Morgan fingerprint density at radius 3 is 2.64 bits per heavy atom. The maximum Gasteiger partial charge on any atom is 0.319 e. The summed E-state index contributed by atoms with van der Waals surface area (Å²) < 4.78 is 0. The van der Waals surface area contributed by atoms with Gasteiger partial charge in [0, 0.05) is 12.2 Å². The van der Waals surface area contributed by atoms with E-state index in [-0.39, 0.29) is 6.03 Å². The van der Waals surface area contributed by atoms with Crippen molar-refractivity contribution in [2.45, 2.75) is 33.6 Å². The summed E-state index contributed by atoms with van der Waals surface area (Å²) in [6, 6.07) is 14.2. The Morgan fingerprint density at radius 2 is 1.91 bits per heavy atom. The van der Waals surface area contributed by atoms with Gasteiger partial charge in [0.05, 0.1) is 0 Å². The van der Waals surface area contributed by atoms with E-state index in [2.05, 4.69) is 55.7 Å². The third-order valence-corrected chi connectivity index (χ3v) is 3.77. The maximum absolute atomic E-state index is 11.9. The lowest BCUT2D eigenvalue weighted by molar-refractivity contribution is 0.252. The van der Waals surface area contributed by atoms with Gasteiger partial charge < -0.3 is 10.6 Å². The van der Waals surface area contributed by atoms with Crippen LogP contribution in [0.5, 0.6) is 0 Å². The van der Waals surface area contributed by atoms with Crippen molar-refractivity contribution in [3.63, 3.8) is 0 Å². The molecule has 116 valence electrons. The maximum atomic E-state index is 11.9. The average Bonchev–Trinajstić information content (AvgIpc) is 2.49. The molecule has 0 heterocycles. The normalized spacial score (nSPS) is 10.3. The van der Waals surface area contributed by atoms with Gasteiger partial charge in [0.1, 0.15) is 0 Å². The number of hydrogen-bond donors (Lipinski definition) is 2. The molecule has 0 aliphatic carbocycles. The monoisotopic (exact) mass is 296 g/mol. The Kier molecular flexibility index (Phi) is 5.59. The van der Waals surface area contributed by atoms with E-state index in [1.807, 2.05) is 18.2 Å². The summed E-state index contributed by atoms with van der Waals surface area (Å²) in [4.78, 5) is 11.9. The Bertz CT molecular complexity index is 650. The molecular weight excluding hydrogens is 272 g/mol. The first-order valence-corrected chi connectivity index (χ1v) is 7.78. The minimum atomic E-state index is -0.155. The molecule has 0 atom stereocenters. The molecular formula is C19H24N2O. The van der Waals surface area contributed by atoms with E-state index in [9.17, 15) is 4.79 Å². The van der Waals surface area contributed by atoms with E-state index in [1.54, 1.807) is 0 Å². The van der Waals surface area contributed by atoms with Crippen LogP contribution in [-0.4, -0.2) is 12.6 Å². The van der Waals surface area contributed by atoms with Gasteiger partial charge >= 0.3 is 6.03 Å². The van der Waals surface area contributed by atoms with Gasteiger partial charge in [0.25, 0.3) is 0 Å². The minimum Gasteiger partial charge on any atom is -0.338 e. The molecule has 2 aromatic carbocycles. The lowest BCUT2D eigenvalue weighted by Gasteiger charge is -2.10. The largest absolute Gasteiger partial charge is 0.338 e. The summed E-state index contributed by atoms with van der Waals surface area (Å²) in [6.07, 6.45) is 1.80. The molecule has 22 heavy (non-hydrogen) atoms. The van der Waals surface area contributed by atoms with Crippen LogP contribution in [0.3, 0.4) is 0 Å². The van der Waals surface area contributed by atoms with Crippen LogP contribution >= 0.6 is 0 Å². The van der Waals surface area contributed by atoms with Crippen LogP contribution in [0.15, 0.2) is 42.5 Å². The quantitative estimate of drug-likeness (QED) is 0.851. The van der Waals surface area contributed by atoms with Gasteiger partial charge in [-0.2, -0.15) is 0 Å². The number of anilines is 1. The van der Waals surface area contributed by atoms with Crippen molar-refractivity contribution in [2.24, 2.45) is 0 Å². The Labute approximate surface area is 132 Å². The van der Waals surface area contributed by atoms with Crippen molar-refractivity contribution < 1.29 is 4.79 Å². The smallest absolute Gasteiger partial charge is 0.319 e. The molecule has 2 amide bonds. The zero-order valence-electron chi connectivity index (χ0n) is 13.6. The molecule has 0 saturated heterocycles. The molecule has 2 N–H and O–H groups in total. The number of nitrogens with one attached hydrogen (secondary N) is 2. The van der Waals surface area contributed by atoms with E-state index in [0.717, 1.165) is 18.5 Å². The second kappa shape index (κ2) is 7.64. The third kappa shape index (κ3) is 4.62. The molecule has 0 saturated carbocycles. The van der Waals surface area contributed by atoms with E-state index in [1.165, 1.54) is 22.3 Å². The molecule has 0 aliphatic rings. The lowest BCUT2D eigenvalue weighted by Crippen LogP contribution is -2.30. The molecule has 2 aromatic rings. The molecule has 3 nitrogen and oxygen atoms in total. The van der Waals surface area contributed by atoms with Crippen LogP contribution in [0.4, 0.5) is 10.5 Å². The van der Waals surface area contributed by atoms with Crippen molar-refractivity contribution in [3.8, 4) is 0 Å². The summed E-state index contributed by atoms with van der Waals surface area (Å²) in [5, 5.41) is 5.79. The summed E-state index contributed by atoms with van der Waals surface area (Å²) in [6.45, 7) is 6.93.